The van der Waals surface area contributed by atoms with Crippen LogP contribution in [0.2, 0.25) is 0 Å². The molecule has 0 spiro atoms. The largest absolute Gasteiger partial charge is 0.493 e. The zero-order valence-electron chi connectivity index (χ0n) is 13.6. The highest BCUT2D eigenvalue weighted by Crippen LogP contribution is 2.27. The van der Waals surface area contributed by atoms with Gasteiger partial charge in [-0.05, 0) is 40.5 Å². The van der Waals surface area contributed by atoms with Gasteiger partial charge in [-0.3, -0.25) is 0 Å². The maximum atomic E-state index is 5.70. The van der Waals surface area contributed by atoms with E-state index >= 15 is 0 Å². The second kappa shape index (κ2) is 8.51. The SMILES string of the molecule is CCCCOc1ccc(C=NN=C(N)c2nonc2N)cc1OC. The number of rotatable bonds is 8. The third-order valence-corrected chi connectivity index (χ3v) is 3.07. The molecular weight excluding hydrogens is 312 g/mol. The zero-order chi connectivity index (χ0) is 17.4. The molecule has 128 valence electrons. The minimum atomic E-state index is 0.0106. The summed E-state index contributed by atoms with van der Waals surface area (Å²) in [5.74, 6) is 1.38. The van der Waals surface area contributed by atoms with Crippen molar-refractivity contribution in [2.45, 2.75) is 19.8 Å². The molecule has 9 nitrogen and oxygen atoms in total. The standard InChI is InChI=1S/C15H20N6O3/c1-3-4-7-23-11-6-5-10(8-12(11)22-2)9-18-19-14(16)13-15(17)21-24-20-13/h5-6,8-9H,3-4,7H2,1-2H3,(H2,16,19)(H2,17,21). The first-order chi connectivity index (χ1) is 11.7. The summed E-state index contributed by atoms with van der Waals surface area (Å²) < 4.78 is 15.4. The number of benzene rings is 1. The number of amidine groups is 1. The Balaban J connectivity index is 2.08. The Morgan fingerprint density at radius 3 is 2.83 bits per heavy atom. The summed E-state index contributed by atoms with van der Waals surface area (Å²) in [7, 11) is 1.58. The van der Waals surface area contributed by atoms with Gasteiger partial charge in [0.25, 0.3) is 0 Å². The van der Waals surface area contributed by atoms with Gasteiger partial charge in [0.1, 0.15) is 0 Å². The van der Waals surface area contributed by atoms with E-state index in [4.69, 9.17) is 20.9 Å². The maximum Gasteiger partial charge on any atom is 0.199 e. The number of unbranched alkanes of at least 4 members (excludes halogenated alkanes) is 1. The third kappa shape index (κ3) is 4.45. The second-order valence-electron chi connectivity index (χ2n) is 4.84. The molecule has 24 heavy (non-hydrogen) atoms. The quantitative estimate of drug-likeness (QED) is 0.324. The second-order valence-corrected chi connectivity index (χ2v) is 4.84. The van der Waals surface area contributed by atoms with E-state index in [1.54, 1.807) is 13.2 Å². The Morgan fingerprint density at radius 2 is 2.17 bits per heavy atom. The number of methoxy groups -OCH3 is 1. The van der Waals surface area contributed by atoms with Crippen LogP contribution < -0.4 is 20.9 Å². The molecule has 2 aromatic rings. The smallest absolute Gasteiger partial charge is 0.199 e. The van der Waals surface area contributed by atoms with Crippen molar-refractivity contribution >= 4 is 17.9 Å². The highest BCUT2D eigenvalue weighted by molar-refractivity contribution is 5.99. The first kappa shape index (κ1) is 17.3. The Morgan fingerprint density at radius 1 is 1.33 bits per heavy atom. The van der Waals surface area contributed by atoms with Crippen LogP contribution in [0.4, 0.5) is 5.82 Å². The van der Waals surface area contributed by atoms with Gasteiger partial charge in [0.2, 0.25) is 0 Å². The van der Waals surface area contributed by atoms with Gasteiger partial charge in [-0.1, -0.05) is 13.3 Å². The predicted molar refractivity (Wildman–Crippen MR) is 90.4 cm³/mol. The summed E-state index contributed by atoms with van der Waals surface area (Å²) >= 11 is 0. The van der Waals surface area contributed by atoms with Crippen molar-refractivity contribution in [1.29, 1.82) is 0 Å². The topological polar surface area (TPSA) is 134 Å². The van der Waals surface area contributed by atoms with E-state index in [2.05, 4.69) is 32.1 Å². The summed E-state index contributed by atoms with van der Waals surface area (Å²) in [5, 5.41) is 14.7. The monoisotopic (exact) mass is 332 g/mol. The van der Waals surface area contributed by atoms with Gasteiger partial charge in [-0.25, -0.2) is 4.63 Å². The van der Waals surface area contributed by atoms with Crippen molar-refractivity contribution in [3.63, 3.8) is 0 Å². The van der Waals surface area contributed by atoms with Crippen molar-refractivity contribution in [3.05, 3.63) is 29.5 Å². The first-order valence-electron chi connectivity index (χ1n) is 7.41. The lowest BCUT2D eigenvalue weighted by Crippen LogP contribution is -2.15. The molecule has 0 aliphatic heterocycles. The van der Waals surface area contributed by atoms with Crippen LogP contribution in [-0.2, 0) is 0 Å². The Hall–Kier alpha value is -3.10. The predicted octanol–water partition coefficient (Wildman–Crippen LogP) is 1.58. The van der Waals surface area contributed by atoms with Crippen LogP contribution in [0, 0.1) is 0 Å². The molecule has 0 saturated heterocycles. The lowest BCUT2D eigenvalue weighted by atomic mass is 10.2. The number of hydrogen-bond acceptors (Lipinski definition) is 8. The summed E-state index contributed by atoms with van der Waals surface area (Å²) in [6.07, 6.45) is 3.58. The van der Waals surface area contributed by atoms with Crippen LogP contribution in [-0.4, -0.2) is 36.1 Å². The molecule has 1 heterocycles. The molecule has 0 bridgehead atoms. The number of aromatic nitrogens is 2. The van der Waals surface area contributed by atoms with Crippen LogP contribution in [0.5, 0.6) is 11.5 Å². The molecule has 0 aliphatic carbocycles. The highest BCUT2D eigenvalue weighted by atomic mass is 16.6. The molecule has 0 radical (unpaired) electrons. The van der Waals surface area contributed by atoms with Gasteiger partial charge in [-0.2, -0.15) is 5.10 Å². The van der Waals surface area contributed by atoms with Crippen molar-refractivity contribution < 1.29 is 14.1 Å². The minimum Gasteiger partial charge on any atom is -0.493 e. The van der Waals surface area contributed by atoms with Crippen molar-refractivity contribution in [2.24, 2.45) is 15.9 Å². The highest BCUT2D eigenvalue weighted by Gasteiger charge is 2.10. The summed E-state index contributed by atoms with van der Waals surface area (Å²) in [6.45, 7) is 2.75. The maximum absolute atomic E-state index is 5.70. The molecule has 0 atom stereocenters. The fourth-order valence-corrected chi connectivity index (χ4v) is 1.79. The third-order valence-electron chi connectivity index (χ3n) is 3.07. The molecule has 0 aliphatic rings. The van der Waals surface area contributed by atoms with E-state index in [9.17, 15) is 0 Å². The first-order valence-corrected chi connectivity index (χ1v) is 7.41. The van der Waals surface area contributed by atoms with Gasteiger partial charge in [0, 0.05) is 0 Å². The van der Waals surface area contributed by atoms with Crippen molar-refractivity contribution in [3.8, 4) is 11.5 Å². The van der Waals surface area contributed by atoms with Crippen molar-refractivity contribution in [2.75, 3.05) is 19.5 Å². The fourth-order valence-electron chi connectivity index (χ4n) is 1.79. The average Bonchev–Trinajstić information content (AvgIpc) is 3.02. The van der Waals surface area contributed by atoms with E-state index in [0.717, 1.165) is 18.4 Å². The van der Waals surface area contributed by atoms with Gasteiger partial charge >= 0.3 is 0 Å². The molecule has 9 heteroatoms. The number of hydrogen-bond donors (Lipinski definition) is 2. The molecule has 1 aromatic carbocycles. The number of anilines is 1. The lowest BCUT2D eigenvalue weighted by Gasteiger charge is -2.10. The van der Waals surface area contributed by atoms with Crippen LogP contribution in [0.3, 0.4) is 0 Å². The van der Waals surface area contributed by atoms with Crippen LogP contribution >= 0.6 is 0 Å². The normalized spacial score (nSPS) is 11.8. The molecule has 0 amide bonds. The Labute approximate surface area is 139 Å². The summed E-state index contributed by atoms with van der Waals surface area (Å²) in [4.78, 5) is 0. The van der Waals surface area contributed by atoms with E-state index in [-0.39, 0.29) is 17.3 Å². The van der Waals surface area contributed by atoms with E-state index < -0.39 is 0 Å². The van der Waals surface area contributed by atoms with Gasteiger partial charge in [0.05, 0.1) is 19.9 Å². The zero-order valence-corrected chi connectivity index (χ0v) is 13.6. The van der Waals surface area contributed by atoms with Crippen LogP contribution in [0.15, 0.2) is 33.0 Å². The number of nitrogens with two attached hydrogens (primary N) is 2. The van der Waals surface area contributed by atoms with Gasteiger partial charge < -0.3 is 20.9 Å². The molecule has 0 saturated carbocycles. The average molecular weight is 332 g/mol. The molecule has 1 aromatic heterocycles. The minimum absolute atomic E-state index is 0.0106. The molecular formula is C15H20N6O3. The van der Waals surface area contributed by atoms with Crippen LogP contribution in [0.25, 0.3) is 0 Å². The molecule has 0 unspecified atom stereocenters. The van der Waals surface area contributed by atoms with E-state index in [1.807, 2.05) is 12.1 Å². The number of nitrogens with zero attached hydrogens (tertiary/aromatic N) is 4. The molecule has 4 N–H and O–H groups in total. The number of ether oxygens (including phenoxy) is 2. The van der Waals surface area contributed by atoms with E-state index in [0.29, 0.717) is 18.1 Å². The lowest BCUT2D eigenvalue weighted by molar-refractivity contribution is 0.288. The fraction of sp³-hybridized carbons (Fsp3) is 0.333. The Bertz CT molecular complexity index is 726. The van der Waals surface area contributed by atoms with E-state index in [1.165, 1.54) is 6.21 Å². The summed E-state index contributed by atoms with van der Waals surface area (Å²) in [5.41, 5.74) is 12.2. The summed E-state index contributed by atoms with van der Waals surface area (Å²) in [6, 6.07) is 5.45. The van der Waals surface area contributed by atoms with Gasteiger partial charge in [-0.15, -0.1) is 5.10 Å². The molecule has 2 rings (SSSR count). The molecule has 0 fully saturated rings. The van der Waals surface area contributed by atoms with Gasteiger partial charge in [0.15, 0.2) is 28.8 Å². The van der Waals surface area contributed by atoms with Crippen molar-refractivity contribution in [1.82, 2.24) is 10.3 Å². The number of nitrogen functional groups attached to an aromatic ring is 1. The Kier molecular flexibility index (Phi) is 6.12. The van der Waals surface area contributed by atoms with Crippen LogP contribution in [0.1, 0.15) is 31.0 Å².